The molecule has 0 saturated heterocycles. The van der Waals surface area contributed by atoms with E-state index in [1.807, 2.05) is 35.8 Å². The monoisotopic (exact) mass is 424 g/mol. The standard InChI is InChI=1S/C25H20N4OS/c1-30-21-11-12-23-22(13-21)20(14-26-23)15-27-29-25-28-24(16-31-25)19-9-7-18(8-10-19)17-5-3-2-4-6-17/h2-16,26H,1H3,(H,28,29)/b27-15+. The summed E-state index contributed by atoms with van der Waals surface area (Å²) >= 11 is 1.53. The molecule has 0 bridgehead atoms. The maximum absolute atomic E-state index is 5.32. The highest BCUT2D eigenvalue weighted by Crippen LogP contribution is 2.28. The highest BCUT2D eigenvalue weighted by atomic mass is 32.1. The molecule has 3 aromatic carbocycles. The van der Waals surface area contributed by atoms with Crippen LogP contribution in [-0.4, -0.2) is 23.3 Å². The number of rotatable bonds is 6. The molecule has 0 aliphatic rings. The molecule has 152 valence electrons. The number of hydrazone groups is 1. The van der Waals surface area contributed by atoms with E-state index < -0.39 is 0 Å². The first-order chi connectivity index (χ1) is 15.3. The van der Waals surface area contributed by atoms with Crippen molar-refractivity contribution in [2.24, 2.45) is 5.10 Å². The summed E-state index contributed by atoms with van der Waals surface area (Å²) in [4.78, 5) is 7.90. The van der Waals surface area contributed by atoms with E-state index in [-0.39, 0.29) is 0 Å². The number of aromatic amines is 1. The molecule has 31 heavy (non-hydrogen) atoms. The van der Waals surface area contributed by atoms with Gasteiger partial charge in [-0.2, -0.15) is 5.10 Å². The predicted molar refractivity (Wildman–Crippen MR) is 129 cm³/mol. The number of aromatic nitrogens is 2. The lowest BCUT2D eigenvalue weighted by Crippen LogP contribution is -1.90. The second kappa shape index (κ2) is 8.45. The van der Waals surface area contributed by atoms with Crippen molar-refractivity contribution >= 4 is 33.6 Å². The van der Waals surface area contributed by atoms with Crippen LogP contribution in [0, 0.1) is 0 Å². The quantitative estimate of drug-likeness (QED) is 0.244. The molecule has 2 N–H and O–H groups in total. The summed E-state index contributed by atoms with van der Waals surface area (Å²) in [6, 6.07) is 24.7. The van der Waals surface area contributed by atoms with Gasteiger partial charge >= 0.3 is 0 Å². The number of methoxy groups -OCH3 is 1. The molecule has 5 rings (SSSR count). The topological polar surface area (TPSA) is 62.3 Å². The number of thiazole rings is 1. The van der Waals surface area contributed by atoms with Crippen LogP contribution < -0.4 is 10.2 Å². The molecule has 0 aliphatic carbocycles. The Labute approximate surface area is 184 Å². The summed E-state index contributed by atoms with van der Waals surface area (Å²) in [5, 5.41) is 8.20. The fraction of sp³-hybridized carbons (Fsp3) is 0.0400. The Morgan fingerprint density at radius 1 is 0.968 bits per heavy atom. The molecular weight excluding hydrogens is 404 g/mol. The van der Waals surface area contributed by atoms with Gasteiger partial charge in [0.1, 0.15) is 5.75 Å². The van der Waals surface area contributed by atoms with E-state index in [1.54, 1.807) is 13.3 Å². The van der Waals surface area contributed by atoms with Crippen molar-refractivity contribution in [3.05, 3.63) is 89.9 Å². The molecular formula is C25H20N4OS. The summed E-state index contributed by atoms with van der Waals surface area (Å²) in [5.74, 6) is 0.817. The molecule has 2 aromatic heterocycles. The van der Waals surface area contributed by atoms with Crippen molar-refractivity contribution in [1.29, 1.82) is 0 Å². The number of benzene rings is 3. The van der Waals surface area contributed by atoms with Crippen molar-refractivity contribution in [3.8, 4) is 28.1 Å². The zero-order chi connectivity index (χ0) is 21.0. The number of H-pyrrole nitrogens is 1. The van der Waals surface area contributed by atoms with Crippen LogP contribution in [0.1, 0.15) is 5.56 Å². The number of nitrogens with one attached hydrogen (secondary N) is 2. The highest BCUT2D eigenvalue weighted by molar-refractivity contribution is 7.14. The average molecular weight is 425 g/mol. The SMILES string of the molecule is COc1ccc2[nH]cc(/C=N/Nc3nc(-c4ccc(-c5ccccc5)cc4)cs3)c2c1. The minimum absolute atomic E-state index is 0.746. The maximum Gasteiger partial charge on any atom is 0.203 e. The van der Waals surface area contributed by atoms with E-state index in [2.05, 4.69) is 69.0 Å². The van der Waals surface area contributed by atoms with Gasteiger partial charge in [-0.3, -0.25) is 5.43 Å². The number of hydrogen-bond acceptors (Lipinski definition) is 5. The molecule has 0 radical (unpaired) electrons. The lowest BCUT2D eigenvalue weighted by molar-refractivity contribution is 0.415. The smallest absolute Gasteiger partial charge is 0.203 e. The molecule has 0 unspecified atom stereocenters. The van der Waals surface area contributed by atoms with Crippen LogP contribution >= 0.6 is 11.3 Å². The number of ether oxygens (including phenoxy) is 1. The van der Waals surface area contributed by atoms with Gasteiger partial charge in [0.15, 0.2) is 0 Å². The predicted octanol–water partition coefficient (Wildman–Crippen LogP) is 6.41. The van der Waals surface area contributed by atoms with E-state index in [4.69, 9.17) is 4.74 Å². The second-order valence-corrected chi connectivity index (χ2v) is 7.86. The minimum atomic E-state index is 0.746. The molecule has 0 fully saturated rings. The van der Waals surface area contributed by atoms with Crippen molar-refractivity contribution < 1.29 is 4.74 Å². The van der Waals surface area contributed by atoms with Gasteiger partial charge in [-0.25, -0.2) is 4.98 Å². The molecule has 2 heterocycles. The third kappa shape index (κ3) is 4.06. The molecule has 6 heteroatoms. The zero-order valence-electron chi connectivity index (χ0n) is 16.9. The molecule has 0 amide bonds. The first-order valence-corrected chi connectivity index (χ1v) is 10.7. The van der Waals surface area contributed by atoms with Gasteiger partial charge in [-0.05, 0) is 29.3 Å². The third-order valence-electron chi connectivity index (χ3n) is 5.08. The van der Waals surface area contributed by atoms with E-state index >= 15 is 0 Å². The van der Waals surface area contributed by atoms with Crippen LogP contribution in [0.5, 0.6) is 5.75 Å². The van der Waals surface area contributed by atoms with E-state index in [1.165, 1.54) is 22.5 Å². The second-order valence-electron chi connectivity index (χ2n) is 7.01. The fourth-order valence-electron chi connectivity index (χ4n) is 3.43. The normalized spacial score (nSPS) is 11.3. The summed E-state index contributed by atoms with van der Waals surface area (Å²) in [6.45, 7) is 0. The molecule has 5 aromatic rings. The van der Waals surface area contributed by atoms with Crippen LogP contribution in [0.3, 0.4) is 0 Å². The van der Waals surface area contributed by atoms with E-state index in [0.717, 1.165) is 38.6 Å². The molecule has 0 atom stereocenters. The van der Waals surface area contributed by atoms with Crippen LogP contribution in [-0.2, 0) is 0 Å². The van der Waals surface area contributed by atoms with Crippen LogP contribution in [0.2, 0.25) is 0 Å². The van der Waals surface area contributed by atoms with E-state index in [0.29, 0.717) is 0 Å². The third-order valence-corrected chi connectivity index (χ3v) is 5.82. The number of fused-ring (bicyclic) bond motifs is 1. The Hall–Kier alpha value is -3.90. The summed E-state index contributed by atoms with van der Waals surface area (Å²) in [7, 11) is 1.67. The van der Waals surface area contributed by atoms with Gasteiger partial charge in [-0.15, -0.1) is 11.3 Å². The van der Waals surface area contributed by atoms with E-state index in [9.17, 15) is 0 Å². The first-order valence-electron chi connectivity index (χ1n) is 9.86. The largest absolute Gasteiger partial charge is 0.497 e. The first kappa shape index (κ1) is 19.1. The highest BCUT2D eigenvalue weighted by Gasteiger charge is 2.06. The minimum Gasteiger partial charge on any atom is -0.497 e. The average Bonchev–Trinajstić information content (AvgIpc) is 3.47. The van der Waals surface area contributed by atoms with Crippen molar-refractivity contribution in [1.82, 2.24) is 9.97 Å². The van der Waals surface area contributed by atoms with Gasteiger partial charge < -0.3 is 9.72 Å². The van der Waals surface area contributed by atoms with Gasteiger partial charge in [0.05, 0.1) is 19.0 Å². The van der Waals surface area contributed by atoms with Gasteiger partial charge in [0.25, 0.3) is 0 Å². The van der Waals surface area contributed by atoms with Gasteiger partial charge in [0.2, 0.25) is 5.13 Å². The van der Waals surface area contributed by atoms with Crippen LogP contribution in [0.25, 0.3) is 33.3 Å². The molecule has 0 spiro atoms. The molecule has 5 nitrogen and oxygen atoms in total. The maximum atomic E-state index is 5.32. The zero-order valence-corrected chi connectivity index (χ0v) is 17.7. The molecule has 0 aliphatic heterocycles. The van der Waals surface area contributed by atoms with Crippen molar-refractivity contribution in [3.63, 3.8) is 0 Å². The number of anilines is 1. The lowest BCUT2D eigenvalue weighted by Gasteiger charge is -2.02. The fourth-order valence-corrected chi connectivity index (χ4v) is 4.10. The Kier molecular flexibility index (Phi) is 5.21. The number of hydrogen-bond donors (Lipinski definition) is 2. The van der Waals surface area contributed by atoms with Gasteiger partial charge in [-0.1, -0.05) is 54.6 Å². The van der Waals surface area contributed by atoms with Gasteiger partial charge in [0, 0.05) is 33.6 Å². The Morgan fingerprint density at radius 3 is 2.55 bits per heavy atom. The lowest BCUT2D eigenvalue weighted by atomic mass is 10.0. The Bertz CT molecular complexity index is 1340. The number of nitrogens with zero attached hydrogens (tertiary/aromatic N) is 2. The van der Waals surface area contributed by atoms with Crippen molar-refractivity contribution in [2.75, 3.05) is 12.5 Å². The summed E-state index contributed by atoms with van der Waals surface area (Å²) < 4.78 is 5.32. The molecule has 0 saturated carbocycles. The van der Waals surface area contributed by atoms with Crippen molar-refractivity contribution in [2.45, 2.75) is 0 Å². The van der Waals surface area contributed by atoms with Crippen LogP contribution in [0.15, 0.2) is 89.5 Å². The summed E-state index contributed by atoms with van der Waals surface area (Å²) in [5.41, 5.74) is 9.47. The Balaban J connectivity index is 1.29. The summed E-state index contributed by atoms with van der Waals surface area (Å²) in [6.07, 6.45) is 3.71. The van der Waals surface area contributed by atoms with Crippen LogP contribution in [0.4, 0.5) is 5.13 Å². The Morgan fingerprint density at radius 2 is 1.74 bits per heavy atom.